The van der Waals surface area contributed by atoms with E-state index in [1.54, 1.807) is 0 Å². The van der Waals surface area contributed by atoms with Gasteiger partial charge in [-0.3, -0.25) is 9.59 Å². The zero-order valence-corrected chi connectivity index (χ0v) is 18.3. The normalized spacial score (nSPS) is 15.7. The maximum atomic E-state index is 13.3. The third-order valence-corrected chi connectivity index (χ3v) is 6.32. The Balaban J connectivity index is 1.54. The van der Waals surface area contributed by atoms with Crippen LogP contribution in [0.15, 0.2) is 54.7 Å². The van der Waals surface area contributed by atoms with Crippen LogP contribution in [0, 0.1) is 12.8 Å². The van der Waals surface area contributed by atoms with Gasteiger partial charge in [0.2, 0.25) is 5.91 Å². The first-order valence-corrected chi connectivity index (χ1v) is 11.1. The number of rotatable bonds is 6. The number of H-pyrrole nitrogens is 1. The summed E-state index contributed by atoms with van der Waals surface area (Å²) in [7, 11) is 0. The Morgan fingerprint density at radius 1 is 1.10 bits per heavy atom. The maximum Gasteiger partial charge on any atom is 0.309 e. The van der Waals surface area contributed by atoms with Crippen molar-refractivity contribution >= 4 is 22.8 Å². The number of piperidine rings is 1. The van der Waals surface area contributed by atoms with E-state index < -0.39 is 0 Å². The molecule has 4 rings (SSSR count). The number of carbonyl (C=O) groups is 2. The molecule has 2 heterocycles. The lowest BCUT2D eigenvalue weighted by atomic mass is 9.87. The molecule has 0 radical (unpaired) electrons. The molecule has 1 N–H and O–H groups in total. The second-order valence-electron chi connectivity index (χ2n) is 8.36. The molecule has 0 bridgehead atoms. The molecule has 3 aromatic rings. The number of hydrogen-bond donors (Lipinski definition) is 1. The van der Waals surface area contributed by atoms with Crippen molar-refractivity contribution in [3.05, 3.63) is 71.4 Å². The molecule has 1 saturated heterocycles. The molecule has 5 nitrogen and oxygen atoms in total. The quantitative estimate of drug-likeness (QED) is 0.585. The van der Waals surface area contributed by atoms with Gasteiger partial charge in [-0.05, 0) is 43.9 Å². The van der Waals surface area contributed by atoms with Gasteiger partial charge in [-0.15, -0.1) is 0 Å². The maximum absolute atomic E-state index is 13.3. The van der Waals surface area contributed by atoms with Crippen molar-refractivity contribution in [3.63, 3.8) is 0 Å². The first-order valence-electron chi connectivity index (χ1n) is 11.1. The fraction of sp³-hybridized carbons (Fsp3) is 0.385. The van der Waals surface area contributed by atoms with Gasteiger partial charge in [-0.2, -0.15) is 0 Å². The summed E-state index contributed by atoms with van der Waals surface area (Å²) in [5.74, 6) is -0.110. The number of fused-ring (bicyclic) bond motifs is 1. The topological polar surface area (TPSA) is 62.4 Å². The first-order chi connectivity index (χ1) is 15.1. The van der Waals surface area contributed by atoms with Crippen LogP contribution in [0.1, 0.15) is 48.8 Å². The molecule has 1 aliphatic heterocycles. The lowest BCUT2D eigenvalue weighted by Gasteiger charge is -2.32. The molecule has 31 heavy (non-hydrogen) atoms. The number of hydrogen-bond acceptors (Lipinski definition) is 3. The standard InChI is InChI=1S/C26H30N2O3/c1-3-31-26(30)20-12-14-28(15-13-20)25(29)16-22(19-10-8-18(2)9-11-19)23-17-27-24-7-5-4-6-21(23)24/h4-11,17,20,22,27H,3,12-16H2,1-2H3. The van der Waals surface area contributed by atoms with Gasteiger partial charge in [0.15, 0.2) is 0 Å². The highest BCUT2D eigenvalue weighted by Crippen LogP contribution is 2.34. The van der Waals surface area contributed by atoms with Crippen LogP contribution >= 0.6 is 0 Å². The van der Waals surface area contributed by atoms with E-state index in [2.05, 4.69) is 48.3 Å². The fourth-order valence-corrected chi connectivity index (χ4v) is 4.52. The number of amides is 1. The van der Waals surface area contributed by atoms with Crippen molar-refractivity contribution in [2.45, 2.75) is 39.0 Å². The summed E-state index contributed by atoms with van der Waals surface area (Å²) >= 11 is 0. The highest BCUT2D eigenvalue weighted by atomic mass is 16.5. The zero-order chi connectivity index (χ0) is 21.8. The summed E-state index contributed by atoms with van der Waals surface area (Å²) in [6.07, 6.45) is 3.80. The van der Waals surface area contributed by atoms with Crippen molar-refractivity contribution in [1.29, 1.82) is 0 Å². The minimum absolute atomic E-state index is 0.0213. The molecule has 1 unspecified atom stereocenters. The second-order valence-corrected chi connectivity index (χ2v) is 8.36. The average molecular weight is 419 g/mol. The van der Waals surface area contributed by atoms with E-state index in [1.807, 2.05) is 30.2 Å². The Morgan fingerprint density at radius 3 is 2.52 bits per heavy atom. The number of likely N-dealkylation sites (tertiary alicyclic amines) is 1. The van der Waals surface area contributed by atoms with E-state index in [0.717, 1.165) is 22.0 Å². The molecule has 5 heteroatoms. The molecule has 1 amide bonds. The number of para-hydroxylation sites is 1. The van der Waals surface area contributed by atoms with Crippen LogP contribution in [0.4, 0.5) is 0 Å². The van der Waals surface area contributed by atoms with Gasteiger partial charge in [-0.25, -0.2) is 0 Å². The Kier molecular flexibility index (Phi) is 6.40. The van der Waals surface area contributed by atoms with Crippen molar-refractivity contribution in [2.24, 2.45) is 5.92 Å². The summed E-state index contributed by atoms with van der Waals surface area (Å²) in [5.41, 5.74) is 4.57. The molecule has 2 aromatic carbocycles. The third-order valence-electron chi connectivity index (χ3n) is 6.32. The van der Waals surface area contributed by atoms with E-state index >= 15 is 0 Å². The fourth-order valence-electron chi connectivity index (χ4n) is 4.52. The number of aromatic amines is 1. The lowest BCUT2D eigenvalue weighted by Crippen LogP contribution is -2.41. The molecule has 0 spiro atoms. The minimum Gasteiger partial charge on any atom is -0.466 e. The van der Waals surface area contributed by atoms with E-state index in [9.17, 15) is 9.59 Å². The Labute approximate surface area is 183 Å². The van der Waals surface area contributed by atoms with Gasteiger partial charge in [0.25, 0.3) is 0 Å². The SMILES string of the molecule is CCOC(=O)C1CCN(C(=O)CC(c2ccc(C)cc2)c2c[nH]c3ccccc23)CC1. The Morgan fingerprint density at radius 2 is 1.81 bits per heavy atom. The highest BCUT2D eigenvalue weighted by molar-refractivity contribution is 5.86. The number of ether oxygens (including phenoxy) is 1. The Hall–Kier alpha value is -3.08. The molecule has 0 saturated carbocycles. The zero-order valence-electron chi connectivity index (χ0n) is 18.3. The van der Waals surface area contributed by atoms with E-state index in [1.165, 1.54) is 5.56 Å². The predicted molar refractivity (Wildman–Crippen MR) is 122 cm³/mol. The van der Waals surface area contributed by atoms with Crippen LogP contribution in [-0.2, 0) is 14.3 Å². The Bertz CT molecular complexity index is 1050. The number of nitrogens with zero attached hydrogens (tertiary/aromatic N) is 1. The van der Waals surface area contributed by atoms with Crippen molar-refractivity contribution in [2.75, 3.05) is 19.7 Å². The van der Waals surface area contributed by atoms with E-state index in [-0.39, 0.29) is 23.7 Å². The van der Waals surface area contributed by atoms with Crippen LogP contribution in [0.25, 0.3) is 10.9 Å². The molecule has 1 aromatic heterocycles. The largest absolute Gasteiger partial charge is 0.466 e. The number of carbonyl (C=O) groups excluding carboxylic acids is 2. The van der Waals surface area contributed by atoms with Crippen LogP contribution in [0.5, 0.6) is 0 Å². The van der Waals surface area contributed by atoms with Crippen molar-refractivity contribution in [3.8, 4) is 0 Å². The molecule has 1 aliphatic rings. The summed E-state index contributed by atoms with van der Waals surface area (Å²) in [5, 5.41) is 1.15. The lowest BCUT2D eigenvalue weighted by molar-refractivity contribution is -0.151. The van der Waals surface area contributed by atoms with Gasteiger partial charge in [0.05, 0.1) is 12.5 Å². The summed E-state index contributed by atoms with van der Waals surface area (Å²) < 4.78 is 5.15. The van der Waals surface area contributed by atoms with Crippen LogP contribution in [-0.4, -0.2) is 41.5 Å². The van der Waals surface area contributed by atoms with Gasteiger partial charge in [0.1, 0.15) is 0 Å². The number of aryl methyl sites for hydroxylation is 1. The highest BCUT2D eigenvalue weighted by Gasteiger charge is 2.30. The summed E-state index contributed by atoms with van der Waals surface area (Å²) in [6, 6.07) is 16.7. The monoisotopic (exact) mass is 418 g/mol. The minimum atomic E-state index is -0.133. The summed E-state index contributed by atoms with van der Waals surface area (Å²) in [6.45, 7) is 5.52. The van der Waals surface area contributed by atoms with Crippen LogP contribution < -0.4 is 0 Å². The molecular weight excluding hydrogens is 388 g/mol. The number of esters is 1. The third kappa shape index (κ3) is 4.66. The summed E-state index contributed by atoms with van der Waals surface area (Å²) in [4.78, 5) is 30.6. The number of aromatic nitrogens is 1. The van der Waals surface area contributed by atoms with Gasteiger partial charge >= 0.3 is 5.97 Å². The number of nitrogens with one attached hydrogen (secondary N) is 1. The molecule has 1 atom stereocenters. The van der Waals surface area contributed by atoms with Gasteiger partial charge < -0.3 is 14.6 Å². The molecular formula is C26H30N2O3. The molecule has 162 valence electrons. The average Bonchev–Trinajstić information content (AvgIpc) is 3.22. The number of benzene rings is 2. The van der Waals surface area contributed by atoms with E-state index in [4.69, 9.17) is 4.74 Å². The van der Waals surface area contributed by atoms with Gasteiger partial charge in [0, 0.05) is 42.5 Å². The van der Waals surface area contributed by atoms with E-state index in [0.29, 0.717) is 39.0 Å². The molecule has 1 fully saturated rings. The smallest absolute Gasteiger partial charge is 0.309 e. The second kappa shape index (κ2) is 9.38. The first kappa shape index (κ1) is 21.2. The van der Waals surface area contributed by atoms with Crippen molar-refractivity contribution < 1.29 is 14.3 Å². The van der Waals surface area contributed by atoms with Crippen LogP contribution in [0.3, 0.4) is 0 Å². The van der Waals surface area contributed by atoms with Gasteiger partial charge in [-0.1, -0.05) is 48.0 Å². The molecule has 0 aliphatic carbocycles. The van der Waals surface area contributed by atoms with Crippen molar-refractivity contribution in [1.82, 2.24) is 9.88 Å². The van der Waals surface area contributed by atoms with Crippen LogP contribution in [0.2, 0.25) is 0 Å². The predicted octanol–water partition coefficient (Wildman–Crippen LogP) is 4.80.